The highest BCUT2D eigenvalue weighted by Crippen LogP contribution is 1.89. The Morgan fingerprint density at radius 3 is 2.46 bits per heavy atom. The van der Waals surface area contributed by atoms with Crippen molar-refractivity contribution in [2.45, 2.75) is 13.0 Å². The fourth-order valence-electron chi connectivity index (χ4n) is 0.380. The van der Waals surface area contributed by atoms with E-state index in [1.807, 2.05) is 0 Å². The zero-order valence-corrected chi connectivity index (χ0v) is 7.87. The minimum absolute atomic E-state index is 0. The van der Waals surface area contributed by atoms with Crippen LogP contribution in [0.5, 0.6) is 0 Å². The van der Waals surface area contributed by atoms with Crippen LogP contribution in [0.4, 0.5) is 4.79 Å². The summed E-state index contributed by atoms with van der Waals surface area (Å²) in [7, 11) is 0. The third-order valence-corrected chi connectivity index (χ3v) is 0.946. The van der Waals surface area contributed by atoms with Crippen molar-refractivity contribution >= 4 is 24.5 Å². The summed E-state index contributed by atoms with van der Waals surface area (Å²) in [6.45, 7) is 1.11. The van der Waals surface area contributed by atoms with Crippen LogP contribution >= 0.6 is 12.4 Å². The number of aliphatic hydroxyl groups is 1. The molecule has 0 aliphatic heterocycles. The number of rotatable bonds is 3. The van der Waals surface area contributed by atoms with Gasteiger partial charge < -0.3 is 20.3 Å². The number of ether oxygens (including phenoxy) is 2. The number of halogens is 1. The molecule has 0 spiro atoms. The van der Waals surface area contributed by atoms with E-state index < -0.39 is 24.8 Å². The van der Waals surface area contributed by atoms with E-state index >= 15 is 0 Å². The molecule has 0 aromatic rings. The molecule has 1 atom stereocenters. The van der Waals surface area contributed by atoms with Gasteiger partial charge in [-0.15, -0.1) is 12.4 Å². The topological polar surface area (TPSA) is 98.9 Å². The molecule has 0 unspecified atom stereocenters. The molecule has 0 amide bonds. The average molecular weight is 214 g/mol. The number of aliphatic hydroxyl groups excluding tert-OH is 1. The number of carbonyl (C=O) groups excluding carboxylic acids is 2. The maximum atomic E-state index is 10.7. The summed E-state index contributed by atoms with van der Waals surface area (Å²) in [6, 6.07) is -1.20. The third-order valence-electron chi connectivity index (χ3n) is 0.946. The molecule has 0 aliphatic rings. The van der Waals surface area contributed by atoms with Gasteiger partial charge in [-0.1, -0.05) is 0 Å². The fraction of sp³-hybridized carbons (Fsp3) is 0.667. The van der Waals surface area contributed by atoms with Crippen molar-refractivity contribution < 1.29 is 24.2 Å². The van der Waals surface area contributed by atoms with E-state index in [1.54, 1.807) is 6.92 Å². The summed E-state index contributed by atoms with van der Waals surface area (Å²) in [5.74, 6) is -1.00. The number of nitrogens with two attached hydrogens (primary N) is 1. The molecular weight excluding hydrogens is 202 g/mol. The fourth-order valence-corrected chi connectivity index (χ4v) is 0.380. The highest BCUT2D eigenvalue weighted by atomic mass is 35.5. The lowest BCUT2D eigenvalue weighted by Crippen LogP contribution is -2.36. The molecule has 0 saturated heterocycles. The number of hydrogen-bond acceptors (Lipinski definition) is 6. The van der Waals surface area contributed by atoms with Crippen molar-refractivity contribution in [2.24, 2.45) is 5.73 Å². The van der Waals surface area contributed by atoms with E-state index in [0.717, 1.165) is 0 Å². The van der Waals surface area contributed by atoms with Crippen molar-refractivity contribution in [3.05, 3.63) is 0 Å². The maximum absolute atomic E-state index is 10.7. The quantitative estimate of drug-likeness (QED) is 0.481. The van der Waals surface area contributed by atoms with Crippen LogP contribution in [0, 0.1) is 0 Å². The molecule has 0 aromatic carbocycles. The van der Waals surface area contributed by atoms with Crippen molar-refractivity contribution in [2.75, 3.05) is 13.2 Å². The minimum Gasteiger partial charge on any atom is -0.434 e. The van der Waals surface area contributed by atoms with Gasteiger partial charge in [0.1, 0.15) is 6.04 Å². The standard InChI is InChI=1S/C6H11NO5.ClH/c1-2-11-6(10)12-5(9)4(7)3-8;/h4,8H,2-3,7H2,1H3;1H/t4-;/m0./s1. The highest BCUT2D eigenvalue weighted by molar-refractivity contribution is 5.85. The predicted octanol–water partition coefficient (Wildman–Crippen LogP) is -0.572. The summed E-state index contributed by atoms with van der Waals surface area (Å²) in [4.78, 5) is 21.1. The van der Waals surface area contributed by atoms with Crippen LogP contribution in [-0.4, -0.2) is 36.5 Å². The lowest BCUT2D eigenvalue weighted by atomic mass is 10.3. The van der Waals surface area contributed by atoms with Gasteiger partial charge in [0.25, 0.3) is 0 Å². The van der Waals surface area contributed by atoms with Gasteiger partial charge in [0.15, 0.2) is 0 Å². The highest BCUT2D eigenvalue weighted by Gasteiger charge is 2.18. The van der Waals surface area contributed by atoms with Crippen LogP contribution in [0.25, 0.3) is 0 Å². The number of hydrogen-bond donors (Lipinski definition) is 2. The van der Waals surface area contributed by atoms with Gasteiger partial charge in [-0.25, -0.2) is 9.59 Å². The number of carbonyl (C=O) groups is 2. The second kappa shape index (κ2) is 7.78. The van der Waals surface area contributed by atoms with E-state index in [4.69, 9.17) is 10.8 Å². The Labute approximate surface area is 81.4 Å². The smallest absolute Gasteiger partial charge is 0.434 e. The van der Waals surface area contributed by atoms with E-state index in [2.05, 4.69) is 9.47 Å². The first-order valence-corrected chi connectivity index (χ1v) is 3.36. The van der Waals surface area contributed by atoms with E-state index in [9.17, 15) is 9.59 Å². The molecule has 0 radical (unpaired) electrons. The largest absolute Gasteiger partial charge is 0.516 e. The second-order valence-electron chi connectivity index (χ2n) is 1.89. The first-order chi connectivity index (χ1) is 5.61. The Balaban J connectivity index is 0. The first-order valence-electron chi connectivity index (χ1n) is 3.36. The van der Waals surface area contributed by atoms with Crippen LogP contribution in [0.2, 0.25) is 0 Å². The SMILES string of the molecule is CCOC(=O)OC(=O)[C@@H](N)CO.Cl. The summed E-state index contributed by atoms with van der Waals surface area (Å²) < 4.78 is 8.35. The summed E-state index contributed by atoms with van der Waals surface area (Å²) >= 11 is 0. The third kappa shape index (κ3) is 6.32. The molecule has 0 saturated carbocycles. The molecule has 0 rings (SSSR count). The van der Waals surface area contributed by atoms with Gasteiger partial charge in [-0.05, 0) is 6.92 Å². The monoisotopic (exact) mass is 213 g/mol. The Morgan fingerprint density at radius 1 is 1.54 bits per heavy atom. The molecule has 0 aromatic heterocycles. The van der Waals surface area contributed by atoms with Gasteiger partial charge in [0.05, 0.1) is 13.2 Å². The zero-order valence-electron chi connectivity index (χ0n) is 7.06. The lowest BCUT2D eigenvalue weighted by Gasteiger charge is -2.06. The van der Waals surface area contributed by atoms with Crippen LogP contribution in [0.1, 0.15) is 6.92 Å². The van der Waals surface area contributed by atoms with Gasteiger partial charge in [-0.3, -0.25) is 0 Å². The predicted molar refractivity (Wildman–Crippen MR) is 45.4 cm³/mol. The van der Waals surface area contributed by atoms with Crippen LogP contribution in [-0.2, 0) is 14.3 Å². The van der Waals surface area contributed by atoms with Crippen molar-refractivity contribution in [1.82, 2.24) is 0 Å². The molecule has 6 nitrogen and oxygen atoms in total. The summed E-state index contributed by atoms with van der Waals surface area (Å²) in [6.07, 6.45) is -1.11. The second-order valence-corrected chi connectivity index (χ2v) is 1.89. The minimum atomic E-state index is -1.20. The van der Waals surface area contributed by atoms with Gasteiger partial charge in [-0.2, -0.15) is 0 Å². The zero-order chi connectivity index (χ0) is 9.56. The van der Waals surface area contributed by atoms with E-state index in [-0.39, 0.29) is 19.0 Å². The molecule has 3 N–H and O–H groups in total. The molecule has 0 fully saturated rings. The van der Waals surface area contributed by atoms with Gasteiger partial charge >= 0.3 is 12.1 Å². The Morgan fingerprint density at radius 2 is 2.08 bits per heavy atom. The number of esters is 1. The van der Waals surface area contributed by atoms with Gasteiger partial charge in [0, 0.05) is 0 Å². The van der Waals surface area contributed by atoms with Crippen LogP contribution < -0.4 is 5.73 Å². The molecule has 13 heavy (non-hydrogen) atoms. The lowest BCUT2D eigenvalue weighted by molar-refractivity contribution is -0.142. The molecule has 0 aliphatic carbocycles. The van der Waals surface area contributed by atoms with E-state index in [0.29, 0.717) is 0 Å². The van der Waals surface area contributed by atoms with Crippen LogP contribution in [0.15, 0.2) is 0 Å². The van der Waals surface area contributed by atoms with Crippen LogP contribution in [0.3, 0.4) is 0 Å². The molecule has 7 heteroatoms. The Kier molecular flexibility index (Phi) is 8.78. The summed E-state index contributed by atoms with van der Waals surface area (Å²) in [5.41, 5.74) is 5.03. The maximum Gasteiger partial charge on any atom is 0.516 e. The van der Waals surface area contributed by atoms with Crippen molar-refractivity contribution in [3.8, 4) is 0 Å². The van der Waals surface area contributed by atoms with Gasteiger partial charge in [0.2, 0.25) is 0 Å². The summed E-state index contributed by atoms with van der Waals surface area (Å²) in [5, 5.41) is 8.37. The molecule has 78 valence electrons. The molecule has 0 bridgehead atoms. The molecule has 0 heterocycles. The Hall–Kier alpha value is -0.850. The Bertz CT molecular complexity index is 174. The average Bonchev–Trinajstić information content (AvgIpc) is 2.03. The molecular formula is C6H12ClNO5. The normalized spacial score (nSPS) is 11.0. The van der Waals surface area contributed by atoms with E-state index in [1.165, 1.54) is 0 Å². The van der Waals surface area contributed by atoms with Crippen molar-refractivity contribution in [3.63, 3.8) is 0 Å². The first kappa shape index (κ1) is 14.7. The van der Waals surface area contributed by atoms with Crippen molar-refractivity contribution in [1.29, 1.82) is 0 Å².